The van der Waals surface area contributed by atoms with Gasteiger partial charge in [-0.2, -0.15) is 18.2 Å². The normalized spacial score (nSPS) is 25.1. The third-order valence-electron chi connectivity index (χ3n) is 4.96. The summed E-state index contributed by atoms with van der Waals surface area (Å²) in [6.45, 7) is -0.517. The molecule has 0 bridgehead atoms. The molecule has 1 aliphatic heterocycles. The van der Waals surface area contributed by atoms with Crippen molar-refractivity contribution < 1.29 is 30.8 Å². The van der Waals surface area contributed by atoms with Crippen LogP contribution in [-0.2, 0) is 20.2 Å². The number of hydrogen-bond acceptors (Lipinski definition) is 6. The van der Waals surface area contributed by atoms with Gasteiger partial charge in [0.1, 0.15) is 0 Å². The second-order valence-electron chi connectivity index (χ2n) is 6.91. The summed E-state index contributed by atoms with van der Waals surface area (Å²) in [5.74, 6) is -0.394. The van der Waals surface area contributed by atoms with Gasteiger partial charge in [0, 0.05) is 32.7 Å². The molecule has 0 spiro atoms. The second kappa shape index (κ2) is 7.08. The first-order chi connectivity index (χ1) is 12.2. The van der Waals surface area contributed by atoms with Gasteiger partial charge in [0.25, 0.3) is 0 Å². The number of nitrogens with zero attached hydrogens (tertiary/aromatic N) is 3. The Morgan fingerprint density at radius 3 is 2.69 bits per heavy atom. The standard InChI is InChI=1S/C15H22F3N3O4S/c1-24-8-2-3-9-26(22,23)21-7-6-14(10-21,15(16,17)18)13-19-12(20-25-13)11-4-5-11/h11H,2-10H2,1H3. The summed E-state index contributed by atoms with van der Waals surface area (Å²) in [4.78, 5) is 3.96. The number of sulfonamides is 1. The van der Waals surface area contributed by atoms with Crippen LogP contribution >= 0.6 is 0 Å². The molecule has 148 valence electrons. The Bertz CT molecular complexity index is 733. The highest BCUT2D eigenvalue weighted by molar-refractivity contribution is 7.89. The number of unbranched alkanes of at least 4 members (excludes halogenated alkanes) is 1. The molecular weight excluding hydrogens is 375 g/mol. The molecule has 2 heterocycles. The van der Waals surface area contributed by atoms with Crippen LogP contribution in [-0.4, -0.2) is 61.6 Å². The molecule has 1 saturated heterocycles. The first-order valence-corrected chi connectivity index (χ1v) is 10.2. The van der Waals surface area contributed by atoms with E-state index in [1.807, 2.05) is 0 Å². The molecule has 1 atom stereocenters. The SMILES string of the molecule is COCCCCS(=O)(=O)N1CCC(c2nc(C3CC3)no2)(C(F)(F)F)C1. The molecule has 1 saturated carbocycles. The van der Waals surface area contributed by atoms with Gasteiger partial charge in [-0.3, -0.25) is 0 Å². The van der Waals surface area contributed by atoms with Crippen molar-refractivity contribution in [1.29, 1.82) is 0 Å². The topological polar surface area (TPSA) is 85.5 Å². The quantitative estimate of drug-likeness (QED) is 0.625. The molecule has 0 aromatic carbocycles. The third-order valence-corrected chi connectivity index (χ3v) is 6.87. The maximum absolute atomic E-state index is 13.9. The van der Waals surface area contributed by atoms with Crippen molar-refractivity contribution in [1.82, 2.24) is 14.4 Å². The van der Waals surface area contributed by atoms with E-state index in [1.165, 1.54) is 7.11 Å². The molecule has 0 amide bonds. The molecule has 0 radical (unpaired) electrons. The minimum atomic E-state index is -4.68. The lowest BCUT2D eigenvalue weighted by Crippen LogP contribution is -2.46. The first kappa shape index (κ1) is 19.6. The Kier molecular flexibility index (Phi) is 5.33. The van der Waals surface area contributed by atoms with Crippen molar-refractivity contribution in [2.45, 2.75) is 49.6 Å². The van der Waals surface area contributed by atoms with Gasteiger partial charge in [0.15, 0.2) is 11.2 Å². The highest BCUT2D eigenvalue weighted by Crippen LogP contribution is 2.48. The van der Waals surface area contributed by atoms with Crippen LogP contribution in [0.2, 0.25) is 0 Å². The smallest absolute Gasteiger partial charge is 0.385 e. The van der Waals surface area contributed by atoms with Crippen molar-refractivity contribution in [3.8, 4) is 0 Å². The Balaban J connectivity index is 1.77. The molecule has 1 unspecified atom stereocenters. The van der Waals surface area contributed by atoms with E-state index in [2.05, 4.69) is 10.1 Å². The number of halogens is 3. The van der Waals surface area contributed by atoms with Crippen molar-refractivity contribution in [3.05, 3.63) is 11.7 Å². The molecule has 3 rings (SSSR count). The monoisotopic (exact) mass is 397 g/mol. The number of alkyl halides is 3. The van der Waals surface area contributed by atoms with Crippen LogP contribution < -0.4 is 0 Å². The fourth-order valence-electron chi connectivity index (χ4n) is 3.14. The van der Waals surface area contributed by atoms with Crippen LogP contribution in [0.1, 0.15) is 49.7 Å². The second-order valence-corrected chi connectivity index (χ2v) is 9.00. The van der Waals surface area contributed by atoms with E-state index < -0.39 is 40.5 Å². The van der Waals surface area contributed by atoms with Gasteiger partial charge < -0.3 is 9.26 Å². The van der Waals surface area contributed by atoms with Crippen molar-refractivity contribution in [2.75, 3.05) is 32.6 Å². The van der Waals surface area contributed by atoms with Crippen molar-refractivity contribution >= 4 is 10.0 Å². The maximum Gasteiger partial charge on any atom is 0.404 e. The van der Waals surface area contributed by atoms with E-state index in [-0.39, 0.29) is 24.0 Å². The summed E-state index contributed by atoms with van der Waals surface area (Å²) in [5.41, 5.74) is -2.44. The van der Waals surface area contributed by atoms with Crippen LogP contribution in [0.25, 0.3) is 0 Å². The number of methoxy groups -OCH3 is 1. The van der Waals surface area contributed by atoms with E-state index in [0.29, 0.717) is 19.4 Å². The van der Waals surface area contributed by atoms with Crippen LogP contribution in [0.4, 0.5) is 13.2 Å². The number of aromatic nitrogens is 2. The summed E-state index contributed by atoms with van der Waals surface area (Å²) in [6.07, 6.45) is -2.57. The largest absolute Gasteiger partial charge is 0.404 e. The fraction of sp³-hybridized carbons (Fsp3) is 0.867. The number of hydrogen-bond donors (Lipinski definition) is 0. The zero-order valence-corrected chi connectivity index (χ0v) is 15.3. The first-order valence-electron chi connectivity index (χ1n) is 8.57. The van der Waals surface area contributed by atoms with Crippen molar-refractivity contribution in [3.63, 3.8) is 0 Å². The molecule has 11 heteroatoms. The Morgan fingerprint density at radius 2 is 2.08 bits per heavy atom. The van der Waals surface area contributed by atoms with Crippen molar-refractivity contribution in [2.24, 2.45) is 0 Å². The minimum Gasteiger partial charge on any atom is -0.385 e. The maximum atomic E-state index is 13.9. The predicted octanol–water partition coefficient (Wildman–Crippen LogP) is 2.21. The molecular formula is C15H22F3N3O4S. The van der Waals surface area contributed by atoms with E-state index in [9.17, 15) is 21.6 Å². The van der Waals surface area contributed by atoms with E-state index >= 15 is 0 Å². The highest BCUT2D eigenvalue weighted by atomic mass is 32.2. The highest BCUT2D eigenvalue weighted by Gasteiger charge is 2.64. The summed E-state index contributed by atoms with van der Waals surface area (Å²) < 4.78 is 77.2. The van der Waals surface area contributed by atoms with Gasteiger partial charge in [-0.25, -0.2) is 12.7 Å². The van der Waals surface area contributed by atoms with E-state index in [0.717, 1.165) is 17.1 Å². The van der Waals surface area contributed by atoms with Gasteiger partial charge in [0.05, 0.1) is 5.75 Å². The lowest BCUT2D eigenvalue weighted by molar-refractivity contribution is -0.192. The van der Waals surface area contributed by atoms with Gasteiger partial charge in [-0.15, -0.1) is 0 Å². The molecule has 1 aliphatic carbocycles. The molecule has 1 aromatic heterocycles. The van der Waals surface area contributed by atoms with Gasteiger partial charge >= 0.3 is 6.18 Å². The van der Waals surface area contributed by atoms with Crippen LogP contribution in [0.3, 0.4) is 0 Å². The summed E-state index contributed by atoms with van der Waals surface area (Å²) in [5, 5.41) is 3.67. The fourth-order valence-corrected chi connectivity index (χ4v) is 4.75. The zero-order chi connectivity index (χ0) is 19.0. The van der Waals surface area contributed by atoms with Crippen LogP contribution in [0, 0.1) is 0 Å². The molecule has 2 fully saturated rings. The zero-order valence-electron chi connectivity index (χ0n) is 14.5. The Labute approximate surface area is 149 Å². The lowest BCUT2D eigenvalue weighted by atomic mass is 9.86. The van der Waals surface area contributed by atoms with Gasteiger partial charge in [-0.05, 0) is 32.1 Å². The van der Waals surface area contributed by atoms with Gasteiger partial charge in [0.2, 0.25) is 15.9 Å². The molecule has 2 aliphatic rings. The lowest BCUT2D eigenvalue weighted by Gasteiger charge is -2.27. The molecule has 0 N–H and O–H groups in total. The summed E-state index contributed by atoms with van der Waals surface area (Å²) in [7, 11) is -2.28. The van der Waals surface area contributed by atoms with Crippen LogP contribution in [0.5, 0.6) is 0 Å². The molecule has 7 nitrogen and oxygen atoms in total. The Morgan fingerprint density at radius 1 is 1.35 bits per heavy atom. The molecule has 26 heavy (non-hydrogen) atoms. The molecule has 1 aromatic rings. The number of rotatable bonds is 8. The minimum absolute atomic E-state index is 0.0554. The Hall–Kier alpha value is -1.20. The average molecular weight is 397 g/mol. The summed E-state index contributed by atoms with van der Waals surface area (Å²) in [6, 6.07) is 0. The predicted molar refractivity (Wildman–Crippen MR) is 85.1 cm³/mol. The van der Waals surface area contributed by atoms with E-state index in [1.54, 1.807) is 0 Å². The average Bonchev–Trinajstić information content (AvgIpc) is 3.11. The third kappa shape index (κ3) is 3.74. The summed E-state index contributed by atoms with van der Waals surface area (Å²) >= 11 is 0. The van der Waals surface area contributed by atoms with E-state index in [4.69, 9.17) is 9.26 Å². The van der Waals surface area contributed by atoms with Gasteiger partial charge in [-0.1, -0.05) is 5.16 Å². The number of ether oxygens (including phenoxy) is 1. The van der Waals surface area contributed by atoms with Crippen LogP contribution in [0.15, 0.2) is 4.52 Å².